The van der Waals surface area contributed by atoms with E-state index in [4.69, 9.17) is 10.7 Å². The molecule has 0 unspecified atom stereocenters. The van der Waals surface area contributed by atoms with Crippen molar-refractivity contribution >= 4 is 25.6 Å². The molecule has 0 atom stereocenters. The van der Waals surface area contributed by atoms with Crippen LogP contribution in [0.3, 0.4) is 0 Å². The fraction of sp³-hybridized carbons (Fsp3) is 0.500. The molecule has 0 saturated carbocycles. The quantitative estimate of drug-likeness (QED) is 0.793. The highest BCUT2D eigenvalue weighted by molar-refractivity contribution is 8.13. The molecule has 1 heterocycles. The normalized spacial score (nSPS) is 12.5. The maximum absolute atomic E-state index is 12.4. The Balaban J connectivity index is 3.33. The van der Waals surface area contributed by atoms with Crippen molar-refractivity contribution < 1.29 is 26.4 Å². The van der Waals surface area contributed by atoms with E-state index in [9.17, 15) is 26.4 Å². The van der Waals surface area contributed by atoms with Gasteiger partial charge in [0.1, 0.15) is 17.1 Å². The van der Waals surface area contributed by atoms with Crippen LogP contribution in [0.2, 0.25) is 0 Å². The molecule has 0 spiro atoms. The van der Waals surface area contributed by atoms with E-state index in [2.05, 4.69) is 0 Å². The lowest BCUT2D eigenvalue weighted by molar-refractivity contribution is -0.140. The molecule has 0 aromatic carbocycles. The van der Waals surface area contributed by atoms with Crippen LogP contribution in [0.15, 0.2) is 17.2 Å². The van der Waals surface area contributed by atoms with Crippen molar-refractivity contribution in [2.24, 2.45) is 0 Å². The standard InChI is InChI=1S/C10H12ClF3N2O3S/c1-3-15(2)9(17)8-4-7(20(11,18)19)5-16(8)6-10(12,13)14/h4-5H,3,6H2,1-2H3. The van der Waals surface area contributed by atoms with E-state index >= 15 is 0 Å². The molecule has 0 N–H and O–H groups in total. The number of rotatable bonds is 4. The molecule has 10 heteroatoms. The second-order valence-electron chi connectivity index (χ2n) is 4.06. The smallest absolute Gasteiger partial charge is 0.341 e. The molecule has 0 fully saturated rings. The van der Waals surface area contributed by atoms with Gasteiger partial charge < -0.3 is 9.47 Å². The average molecular weight is 333 g/mol. The molecule has 0 radical (unpaired) electrons. The second-order valence-corrected chi connectivity index (χ2v) is 6.63. The number of amides is 1. The summed E-state index contributed by atoms with van der Waals surface area (Å²) in [6, 6.07) is 0.836. The lowest BCUT2D eigenvalue weighted by Gasteiger charge is -2.16. The van der Waals surface area contributed by atoms with Gasteiger partial charge in [0.15, 0.2) is 0 Å². The molecule has 1 aromatic heterocycles. The third kappa shape index (κ3) is 4.14. The highest BCUT2D eigenvalue weighted by Gasteiger charge is 2.31. The van der Waals surface area contributed by atoms with E-state index in [1.807, 2.05) is 0 Å². The Kier molecular flexibility index (Phi) is 4.75. The van der Waals surface area contributed by atoms with Crippen LogP contribution in [0.1, 0.15) is 17.4 Å². The van der Waals surface area contributed by atoms with Crippen molar-refractivity contribution in [1.29, 1.82) is 0 Å². The Hall–Kier alpha value is -1.22. The minimum Gasteiger partial charge on any atom is -0.341 e. The summed E-state index contributed by atoms with van der Waals surface area (Å²) in [6.07, 6.45) is -3.89. The number of aromatic nitrogens is 1. The molecule has 0 aliphatic heterocycles. The van der Waals surface area contributed by atoms with E-state index < -0.39 is 32.6 Å². The Labute approximate surface area is 118 Å². The van der Waals surface area contributed by atoms with Crippen LogP contribution >= 0.6 is 10.7 Å². The predicted octanol–water partition coefficient (Wildman–Crippen LogP) is 2.07. The first-order valence-electron chi connectivity index (χ1n) is 5.42. The second kappa shape index (κ2) is 5.65. The van der Waals surface area contributed by atoms with Crippen LogP contribution in [0.4, 0.5) is 13.2 Å². The average Bonchev–Trinajstić information content (AvgIpc) is 2.68. The van der Waals surface area contributed by atoms with E-state index in [-0.39, 0.29) is 12.2 Å². The van der Waals surface area contributed by atoms with Crippen LogP contribution in [0.5, 0.6) is 0 Å². The summed E-state index contributed by atoms with van der Waals surface area (Å²) in [6.45, 7) is 0.422. The summed E-state index contributed by atoms with van der Waals surface area (Å²) in [5.41, 5.74) is -0.383. The lowest BCUT2D eigenvalue weighted by Crippen LogP contribution is -2.30. The molecule has 1 amide bonds. The molecule has 0 aliphatic rings. The van der Waals surface area contributed by atoms with Gasteiger partial charge in [0.05, 0.1) is 0 Å². The number of carbonyl (C=O) groups is 1. The van der Waals surface area contributed by atoms with Crippen molar-refractivity contribution in [2.45, 2.75) is 24.5 Å². The van der Waals surface area contributed by atoms with Gasteiger partial charge in [-0.15, -0.1) is 0 Å². The van der Waals surface area contributed by atoms with Crippen molar-refractivity contribution in [2.75, 3.05) is 13.6 Å². The number of alkyl halides is 3. The van der Waals surface area contributed by atoms with E-state index in [0.717, 1.165) is 11.0 Å². The molecule has 1 aromatic rings. The van der Waals surface area contributed by atoms with Crippen LogP contribution in [-0.2, 0) is 15.6 Å². The van der Waals surface area contributed by atoms with Gasteiger partial charge in [-0.05, 0) is 13.0 Å². The molecule has 0 aliphatic carbocycles. The Morgan fingerprint density at radius 3 is 2.40 bits per heavy atom. The Morgan fingerprint density at radius 1 is 1.45 bits per heavy atom. The van der Waals surface area contributed by atoms with Gasteiger partial charge in [0, 0.05) is 30.5 Å². The number of carbonyl (C=O) groups excluding carboxylic acids is 1. The summed E-state index contributed by atoms with van der Waals surface area (Å²) >= 11 is 0. The molecular weight excluding hydrogens is 321 g/mol. The fourth-order valence-corrected chi connectivity index (χ4v) is 2.22. The van der Waals surface area contributed by atoms with Crippen molar-refractivity contribution in [3.05, 3.63) is 18.0 Å². The van der Waals surface area contributed by atoms with Gasteiger partial charge >= 0.3 is 6.18 Å². The third-order valence-corrected chi connectivity index (χ3v) is 3.86. The third-order valence-electron chi connectivity index (χ3n) is 2.54. The summed E-state index contributed by atoms with van der Waals surface area (Å²) in [7, 11) is 2.26. The Morgan fingerprint density at radius 2 is 2.00 bits per heavy atom. The molecular formula is C10H12ClF3N2O3S. The summed E-state index contributed by atoms with van der Waals surface area (Å²) in [5.74, 6) is -0.719. The number of hydrogen-bond donors (Lipinski definition) is 0. The van der Waals surface area contributed by atoms with Crippen molar-refractivity contribution in [3.8, 4) is 0 Å². The SMILES string of the molecule is CCN(C)C(=O)c1cc(S(=O)(=O)Cl)cn1CC(F)(F)F. The van der Waals surface area contributed by atoms with Gasteiger partial charge in [-0.1, -0.05) is 0 Å². The summed E-state index contributed by atoms with van der Waals surface area (Å²) < 4.78 is 60.2. The zero-order valence-corrected chi connectivity index (χ0v) is 12.2. The predicted molar refractivity (Wildman–Crippen MR) is 66.2 cm³/mol. The van der Waals surface area contributed by atoms with Crippen LogP contribution < -0.4 is 0 Å². The molecule has 114 valence electrons. The van der Waals surface area contributed by atoms with Crippen LogP contribution in [-0.4, -0.2) is 43.6 Å². The largest absolute Gasteiger partial charge is 0.406 e. The molecule has 1 rings (SSSR count). The maximum Gasteiger partial charge on any atom is 0.406 e. The van der Waals surface area contributed by atoms with Gasteiger partial charge in [0.25, 0.3) is 15.0 Å². The molecule has 5 nitrogen and oxygen atoms in total. The van der Waals surface area contributed by atoms with Gasteiger partial charge in [0.2, 0.25) is 0 Å². The van der Waals surface area contributed by atoms with Gasteiger partial charge in [-0.2, -0.15) is 13.2 Å². The maximum atomic E-state index is 12.4. The summed E-state index contributed by atoms with van der Waals surface area (Å²) in [4.78, 5) is 12.5. The number of nitrogens with zero attached hydrogens (tertiary/aromatic N) is 2. The Bertz CT molecular complexity index is 610. The molecule has 20 heavy (non-hydrogen) atoms. The summed E-state index contributed by atoms with van der Waals surface area (Å²) in [5, 5.41) is 0. The minimum atomic E-state index is -4.59. The first-order valence-corrected chi connectivity index (χ1v) is 7.73. The highest BCUT2D eigenvalue weighted by Crippen LogP contribution is 2.24. The van der Waals surface area contributed by atoms with Gasteiger partial charge in [-0.3, -0.25) is 4.79 Å². The van der Waals surface area contributed by atoms with Crippen LogP contribution in [0.25, 0.3) is 0 Å². The highest BCUT2D eigenvalue weighted by atomic mass is 35.7. The topological polar surface area (TPSA) is 59.4 Å². The molecule has 0 saturated heterocycles. The van der Waals surface area contributed by atoms with E-state index in [1.54, 1.807) is 6.92 Å². The first-order chi connectivity index (χ1) is 8.95. The van der Waals surface area contributed by atoms with Crippen molar-refractivity contribution in [1.82, 2.24) is 9.47 Å². The van der Waals surface area contributed by atoms with E-state index in [1.165, 1.54) is 7.05 Å². The van der Waals surface area contributed by atoms with Crippen LogP contribution in [0, 0.1) is 0 Å². The lowest BCUT2D eigenvalue weighted by atomic mass is 10.3. The van der Waals surface area contributed by atoms with Gasteiger partial charge in [-0.25, -0.2) is 8.42 Å². The monoisotopic (exact) mass is 332 g/mol. The number of halogens is 4. The zero-order valence-electron chi connectivity index (χ0n) is 10.6. The number of hydrogen-bond acceptors (Lipinski definition) is 3. The minimum absolute atomic E-state index is 0.263. The zero-order chi connectivity index (χ0) is 15.7. The first kappa shape index (κ1) is 16.8. The molecule has 0 bridgehead atoms. The fourth-order valence-electron chi connectivity index (χ4n) is 1.46. The van der Waals surface area contributed by atoms with Crippen molar-refractivity contribution in [3.63, 3.8) is 0 Å². The van der Waals surface area contributed by atoms with E-state index in [0.29, 0.717) is 10.8 Å².